The van der Waals surface area contributed by atoms with Crippen LogP contribution in [-0.2, 0) is 0 Å². The molecule has 246 valence electrons. The van der Waals surface area contributed by atoms with E-state index in [1.807, 2.05) is 20.8 Å². The summed E-state index contributed by atoms with van der Waals surface area (Å²) in [6.07, 6.45) is 19.2. The van der Waals surface area contributed by atoms with Gasteiger partial charge in [0.05, 0.1) is 16.5 Å². The Morgan fingerprint density at radius 2 is 1.20 bits per heavy atom. The van der Waals surface area contributed by atoms with E-state index in [-0.39, 0.29) is 0 Å². The van der Waals surface area contributed by atoms with E-state index < -0.39 is 0 Å². The molecule has 1 heterocycles. The Bertz CT molecular complexity index is 2350. The van der Waals surface area contributed by atoms with Crippen LogP contribution in [0.25, 0.3) is 61.0 Å². The van der Waals surface area contributed by atoms with E-state index in [0.717, 1.165) is 0 Å². The summed E-state index contributed by atoms with van der Waals surface area (Å²) < 4.78 is 2.37. The summed E-state index contributed by atoms with van der Waals surface area (Å²) in [6, 6.07) is 42.5. The standard InChI is InChI=1S/C47H40N.C2H6/c1-5-8-9-12-29-48-46-32-41(40-22-21-36-13-10-11-14-38(36)30-40)24-27-44(46)45-28-25-42-31-39(23-26-43(42)47(45)48)37-19-16-34(17-20-37)15-18-35(7-3)33(4)6-2;1-2/h5-32H,1-4H3;1-2H3/q+1;/b8-5-,12-9-,18-15-,33-6+,35-7+,48-29?;. The minimum atomic E-state index is 1.19. The number of benzene rings is 6. The molecular formula is C49H46N+. The zero-order valence-corrected chi connectivity index (χ0v) is 30.1. The second kappa shape index (κ2) is 15.6. The van der Waals surface area contributed by atoms with E-state index in [0.29, 0.717) is 0 Å². The average Bonchev–Trinajstić information content (AvgIpc) is 3.50. The molecule has 0 saturated carbocycles. The summed E-state index contributed by atoms with van der Waals surface area (Å²) >= 11 is 0. The summed E-state index contributed by atoms with van der Waals surface area (Å²) in [5, 5.41) is 4.99. The van der Waals surface area contributed by atoms with E-state index in [1.54, 1.807) is 0 Å². The van der Waals surface area contributed by atoms with Gasteiger partial charge in [0.15, 0.2) is 6.21 Å². The molecule has 6 aromatic rings. The molecule has 0 aliphatic carbocycles. The number of nitrogens with zero attached hydrogens (tertiary/aromatic N) is 1. The normalized spacial score (nSPS) is 13.8. The molecule has 0 atom stereocenters. The lowest BCUT2D eigenvalue weighted by atomic mass is 9.95. The minimum absolute atomic E-state index is 1.19. The summed E-state index contributed by atoms with van der Waals surface area (Å²) in [4.78, 5) is 0. The summed E-state index contributed by atoms with van der Waals surface area (Å²) in [7, 11) is 0. The van der Waals surface area contributed by atoms with Crippen LogP contribution in [0.1, 0.15) is 47.1 Å². The topological polar surface area (TPSA) is 3.01 Å². The minimum Gasteiger partial charge on any atom is -0.159 e. The number of hydrogen-bond donors (Lipinski definition) is 0. The van der Waals surface area contributed by atoms with Crippen molar-refractivity contribution in [3.05, 3.63) is 175 Å². The highest BCUT2D eigenvalue weighted by Crippen LogP contribution is 2.49. The van der Waals surface area contributed by atoms with Gasteiger partial charge in [-0.1, -0.05) is 135 Å². The van der Waals surface area contributed by atoms with Crippen molar-refractivity contribution < 1.29 is 0 Å². The van der Waals surface area contributed by atoms with Crippen LogP contribution in [0.2, 0.25) is 0 Å². The second-order valence-corrected chi connectivity index (χ2v) is 12.3. The van der Waals surface area contributed by atoms with Gasteiger partial charge in [0.1, 0.15) is 0 Å². The third-order valence-electron chi connectivity index (χ3n) is 9.41. The third-order valence-corrected chi connectivity index (χ3v) is 9.41. The molecule has 0 spiro atoms. The van der Waals surface area contributed by atoms with Gasteiger partial charge < -0.3 is 0 Å². The monoisotopic (exact) mass is 648 g/mol. The van der Waals surface area contributed by atoms with Crippen LogP contribution >= 0.6 is 0 Å². The van der Waals surface area contributed by atoms with E-state index >= 15 is 0 Å². The average molecular weight is 649 g/mol. The number of hydrogen-bond acceptors (Lipinski definition) is 0. The molecule has 6 aromatic carbocycles. The number of fused-ring (bicyclic) bond motifs is 6. The largest absolute Gasteiger partial charge is 0.227 e. The molecule has 50 heavy (non-hydrogen) atoms. The third kappa shape index (κ3) is 6.86. The van der Waals surface area contributed by atoms with Gasteiger partial charge in [-0.05, 0) is 113 Å². The molecule has 0 bridgehead atoms. The Morgan fingerprint density at radius 1 is 0.560 bits per heavy atom. The van der Waals surface area contributed by atoms with Crippen molar-refractivity contribution in [2.45, 2.75) is 41.5 Å². The summed E-state index contributed by atoms with van der Waals surface area (Å²) in [5.41, 5.74) is 13.5. The molecule has 0 fully saturated rings. The highest BCUT2D eigenvalue weighted by Gasteiger charge is 2.33. The summed E-state index contributed by atoms with van der Waals surface area (Å²) in [6.45, 7) is 12.4. The van der Waals surface area contributed by atoms with Gasteiger partial charge >= 0.3 is 0 Å². The highest BCUT2D eigenvalue weighted by molar-refractivity contribution is 6.10. The molecule has 0 unspecified atom stereocenters. The van der Waals surface area contributed by atoms with Gasteiger partial charge in [0.25, 0.3) is 0 Å². The molecule has 0 saturated heterocycles. The Kier molecular flexibility index (Phi) is 10.6. The fourth-order valence-electron chi connectivity index (χ4n) is 6.66. The molecule has 0 radical (unpaired) electrons. The van der Waals surface area contributed by atoms with Gasteiger partial charge in [-0.15, -0.1) is 0 Å². The highest BCUT2D eigenvalue weighted by atomic mass is 15.0. The lowest BCUT2D eigenvalue weighted by Gasteiger charge is -2.07. The van der Waals surface area contributed by atoms with Crippen LogP contribution < -0.4 is 4.58 Å². The maximum Gasteiger partial charge on any atom is 0.227 e. The molecule has 1 nitrogen and oxygen atoms in total. The Labute approximate surface area is 298 Å². The zero-order chi connectivity index (χ0) is 35.0. The van der Waals surface area contributed by atoms with Gasteiger partial charge in [0.2, 0.25) is 11.4 Å². The van der Waals surface area contributed by atoms with Crippen LogP contribution in [0.15, 0.2) is 169 Å². The van der Waals surface area contributed by atoms with Crippen molar-refractivity contribution in [3.63, 3.8) is 0 Å². The SMILES string of the molecule is C/C=C\C=C/C=[N+]1c2cc(-c3ccc4ccccc4c3)ccc2-c2ccc3cc(-c4ccc(\C=C/C(=C\C)C(/C)=C/C)cc4)ccc3c21.CC. The molecule has 0 N–H and O–H groups in total. The first-order valence-electron chi connectivity index (χ1n) is 17.8. The predicted octanol–water partition coefficient (Wildman–Crippen LogP) is 14.3. The van der Waals surface area contributed by atoms with Gasteiger partial charge in [-0.25, -0.2) is 0 Å². The Hall–Kier alpha value is -5.79. The van der Waals surface area contributed by atoms with Crippen molar-refractivity contribution in [2.24, 2.45) is 0 Å². The maximum absolute atomic E-state index is 2.37. The fourth-order valence-corrected chi connectivity index (χ4v) is 6.66. The van der Waals surface area contributed by atoms with Crippen molar-refractivity contribution in [3.8, 4) is 33.4 Å². The smallest absolute Gasteiger partial charge is 0.159 e. The van der Waals surface area contributed by atoms with Gasteiger partial charge in [-0.3, -0.25) is 0 Å². The van der Waals surface area contributed by atoms with E-state index in [9.17, 15) is 0 Å². The molecule has 0 amide bonds. The number of allylic oxidation sites excluding steroid dienone is 9. The van der Waals surface area contributed by atoms with Crippen molar-refractivity contribution in [1.82, 2.24) is 4.58 Å². The predicted molar refractivity (Wildman–Crippen MR) is 223 cm³/mol. The van der Waals surface area contributed by atoms with Gasteiger partial charge in [0, 0.05) is 12.1 Å². The molecule has 1 heteroatoms. The molecule has 7 rings (SSSR count). The van der Waals surface area contributed by atoms with Crippen LogP contribution in [0.4, 0.5) is 11.4 Å². The van der Waals surface area contributed by atoms with Gasteiger partial charge in [-0.2, -0.15) is 4.58 Å². The number of rotatable bonds is 7. The Balaban J connectivity index is 0.00000212. The van der Waals surface area contributed by atoms with Crippen molar-refractivity contribution in [2.75, 3.05) is 0 Å². The molecular weight excluding hydrogens is 603 g/mol. The summed E-state index contributed by atoms with van der Waals surface area (Å²) in [5.74, 6) is 0. The molecule has 1 aliphatic rings. The van der Waals surface area contributed by atoms with Crippen LogP contribution in [-0.4, -0.2) is 6.21 Å². The van der Waals surface area contributed by atoms with E-state index in [4.69, 9.17) is 0 Å². The lowest BCUT2D eigenvalue weighted by molar-refractivity contribution is 1.15. The van der Waals surface area contributed by atoms with Crippen LogP contribution in [0, 0.1) is 0 Å². The molecule has 1 aliphatic heterocycles. The van der Waals surface area contributed by atoms with E-state index in [2.05, 4.69) is 195 Å². The van der Waals surface area contributed by atoms with E-state index in [1.165, 1.54) is 83.0 Å². The van der Waals surface area contributed by atoms with Crippen LogP contribution in [0.3, 0.4) is 0 Å². The first-order chi connectivity index (χ1) is 24.6. The van der Waals surface area contributed by atoms with Crippen molar-refractivity contribution in [1.29, 1.82) is 0 Å². The zero-order valence-electron chi connectivity index (χ0n) is 30.1. The van der Waals surface area contributed by atoms with Crippen molar-refractivity contribution >= 4 is 45.2 Å². The second-order valence-electron chi connectivity index (χ2n) is 12.3. The lowest BCUT2D eigenvalue weighted by Crippen LogP contribution is -2.01. The first-order valence-corrected chi connectivity index (χ1v) is 17.8. The fraction of sp³-hybridized carbons (Fsp3) is 0.122. The molecule has 0 aromatic heterocycles. The maximum atomic E-state index is 2.37. The Morgan fingerprint density at radius 3 is 1.96 bits per heavy atom. The quantitative estimate of drug-likeness (QED) is 0.119. The van der Waals surface area contributed by atoms with Crippen LogP contribution in [0.5, 0.6) is 0 Å². The first kappa shape index (κ1) is 34.1.